The Labute approximate surface area is 155 Å². The van der Waals surface area contributed by atoms with Crippen LogP contribution in [0.1, 0.15) is 15.9 Å². The standard InChI is InChI=1S/C22H15N3O2/c1-15-13-18(11-12-19(15)23-2)25-21-6-4-3-5-20(21)24(22(25)27)17-9-7-16(14-26)8-10-17/h3-14H,1H3. The number of nitrogens with zero attached hydrogens (tertiary/aromatic N) is 3. The Hall–Kier alpha value is -3.91. The van der Waals surface area contributed by atoms with E-state index in [9.17, 15) is 9.59 Å². The van der Waals surface area contributed by atoms with Gasteiger partial charge in [0, 0.05) is 11.3 Å². The quantitative estimate of drug-likeness (QED) is 0.403. The van der Waals surface area contributed by atoms with Crippen LogP contribution >= 0.6 is 0 Å². The molecule has 4 rings (SSSR count). The minimum atomic E-state index is -0.204. The zero-order valence-electron chi connectivity index (χ0n) is 14.6. The van der Waals surface area contributed by atoms with Gasteiger partial charge in [-0.05, 0) is 61.0 Å². The van der Waals surface area contributed by atoms with E-state index < -0.39 is 0 Å². The molecule has 3 aromatic carbocycles. The normalized spacial score (nSPS) is 10.7. The van der Waals surface area contributed by atoms with Crippen molar-refractivity contribution >= 4 is 23.0 Å². The molecule has 27 heavy (non-hydrogen) atoms. The highest BCUT2D eigenvalue weighted by Crippen LogP contribution is 2.25. The lowest BCUT2D eigenvalue weighted by Crippen LogP contribution is -2.22. The maximum atomic E-state index is 13.3. The summed E-state index contributed by atoms with van der Waals surface area (Å²) in [6.07, 6.45) is 0.775. The minimum Gasteiger partial charge on any atom is -0.298 e. The van der Waals surface area contributed by atoms with Crippen LogP contribution in [0.5, 0.6) is 0 Å². The number of aromatic nitrogens is 2. The molecule has 0 radical (unpaired) electrons. The van der Waals surface area contributed by atoms with Gasteiger partial charge in [0.2, 0.25) is 0 Å². The second-order valence-electron chi connectivity index (χ2n) is 6.23. The van der Waals surface area contributed by atoms with E-state index in [1.165, 1.54) is 0 Å². The first-order valence-electron chi connectivity index (χ1n) is 8.40. The van der Waals surface area contributed by atoms with Crippen molar-refractivity contribution in [1.29, 1.82) is 0 Å². The average Bonchev–Trinajstić information content (AvgIpc) is 2.99. The Kier molecular flexibility index (Phi) is 3.94. The molecule has 0 saturated heterocycles. The molecule has 0 spiro atoms. The summed E-state index contributed by atoms with van der Waals surface area (Å²) in [5.41, 5.74) is 4.69. The maximum absolute atomic E-state index is 13.3. The number of carbonyl (C=O) groups is 1. The molecule has 0 fully saturated rings. The molecule has 1 heterocycles. The molecule has 5 nitrogen and oxygen atoms in total. The fourth-order valence-corrected chi connectivity index (χ4v) is 3.25. The number of aldehydes is 1. The zero-order chi connectivity index (χ0) is 19.0. The van der Waals surface area contributed by atoms with Crippen LogP contribution in [0.15, 0.2) is 71.5 Å². The molecule has 0 unspecified atom stereocenters. The van der Waals surface area contributed by atoms with Crippen LogP contribution in [0, 0.1) is 13.5 Å². The van der Waals surface area contributed by atoms with Crippen molar-refractivity contribution < 1.29 is 4.79 Å². The summed E-state index contributed by atoms with van der Waals surface area (Å²) < 4.78 is 3.27. The summed E-state index contributed by atoms with van der Waals surface area (Å²) in [5, 5.41) is 0. The summed E-state index contributed by atoms with van der Waals surface area (Å²) in [6.45, 7) is 9.07. The van der Waals surface area contributed by atoms with Crippen LogP contribution in [0.2, 0.25) is 0 Å². The lowest BCUT2D eigenvalue weighted by atomic mass is 10.2. The lowest BCUT2D eigenvalue weighted by Gasteiger charge is -2.06. The van der Waals surface area contributed by atoms with Crippen LogP contribution in [-0.2, 0) is 0 Å². The highest BCUT2D eigenvalue weighted by molar-refractivity contribution is 5.81. The fourth-order valence-electron chi connectivity index (χ4n) is 3.25. The van der Waals surface area contributed by atoms with Gasteiger partial charge in [-0.15, -0.1) is 0 Å². The van der Waals surface area contributed by atoms with Gasteiger partial charge in [0.05, 0.1) is 23.3 Å². The van der Waals surface area contributed by atoms with Crippen molar-refractivity contribution in [2.75, 3.05) is 0 Å². The smallest absolute Gasteiger partial charge is 0.298 e. The second kappa shape index (κ2) is 6.43. The predicted octanol–water partition coefficient (Wildman–Crippen LogP) is 4.45. The molecule has 130 valence electrons. The molecule has 0 aliphatic carbocycles. The summed E-state index contributed by atoms with van der Waals surface area (Å²) >= 11 is 0. The van der Waals surface area contributed by atoms with Crippen molar-refractivity contribution in [2.45, 2.75) is 6.92 Å². The van der Waals surface area contributed by atoms with E-state index in [-0.39, 0.29) is 5.69 Å². The summed E-state index contributed by atoms with van der Waals surface area (Å²) in [4.78, 5) is 27.7. The van der Waals surface area contributed by atoms with E-state index in [0.717, 1.165) is 22.9 Å². The molecule has 0 atom stereocenters. The van der Waals surface area contributed by atoms with Crippen LogP contribution in [0.4, 0.5) is 5.69 Å². The number of carbonyl (C=O) groups excluding carboxylic acids is 1. The molecule has 4 aromatic rings. The molecule has 1 aromatic heterocycles. The zero-order valence-corrected chi connectivity index (χ0v) is 14.6. The van der Waals surface area contributed by atoms with Crippen molar-refractivity contribution in [3.63, 3.8) is 0 Å². The third-order valence-electron chi connectivity index (χ3n) is 4.59. The molecular weight excluding hydrogens is 338 g/mol. The van der Waals surface area contributed by atoms with E-state index in [2.05, 4.69) is 4.85 Å². The van der Waals surface area contributed by atoms with Gasteiger partial charge in [-0.1, -0.05) is 18.2 Å². The monoisotopic (exact) mass is 353 g/mol. The molecule has 0 aliphatic heterocycles. The number of aryl methyl sites for hydroxylation is 1. The molecule has 5 heteroatoms. The van der Waals surface area contributed by atoms with Gasteiger partial charge in [-0.25, -0.2) is 9.64 Å². The van der Waals surface area contributed by atoms with Gasteiger partial charge >= 0.3 is 5.69 Å². The van der Waals surface area contributed by atoms with E-state index in [0.29, 0.717) is 22.6 Å². The molecule has 0 aliphatic rings. The van der Waals surface area contributed by atoms with Gasteiger partial charge in [0.25, 0.3) is 0 Å². The number of para-hydroxylation sites is 2. The summed E-state index contributed by atoms with van der Waals surface area (Å²) in [6, 6.07) is 19.8. The first-order chi connectivity index (χ1) is 13.1. The lowest BCUT2D eigenvalue weighted by molar-refractivity contribution is 0.112. The van der Waals surface area contributed by atoms with E-state index in [4.69, 9.17) is 6.57 Å². The van der Waals surface area contributed by atoms with E-state index in [1.807, 2.05) is 37.3 Å². The van der Waals surface area contributed by atoms with Gasteiger partial charge in [0.15, 0.2) is 5.69 Å². The van der Waals surface area contributed by atoms with Gasteiger partial charge < -0.3 is 0 Å². The Morgan fingerprint density at radius 1 is 0.889 bits per heavy atom. The summed E-state index contributed by atoms with van der Waals surface area (Å²) in [5.74, 6) is 0. The average molecular weight is 353 g/mol. The van der Waals surface area contributed by atoms with Crippen molar-refractivity contribution in [3.05, 3.63) is 99.8 Å². The number of benzene rings is 3. The Balaban J connectivity index is 2.02. The predicted molar refractivity (Wildman–Crippen MR) is 105 cm³/mol. The van der Waals surface area contributed by atoms with Crippen molar-refractivity contribution in [2.24, 2.45) is 0 Å². The number of rotatable bonds is 3. The number of imidazole rings is 1. The Morgan fingerprint density at radius 2 is 1.48 bits per heavy atom. The molecular formula is C22H15N3O2. The molecule has 0 bridgehead atoms. The number of hydrogen-bond donors (Lipinski definition) is 0. The van der Waals surface area contributed by atoms with E-state index >= 15 is 0 Å². The maximum Gasteiger partial charge on any atom is 0.338 e. The van der Waals surface area contributed by atoms with Crippen LogP contribution in [0.3, 0.4) is 0 Å². The molecule has 0 saturated carbocycles. The second-order valence-corrected chi connectivity index (χ2v) is 6.23. The van der Waals surface area contributed by atoms with Crippen molar-refractivity contribution in [3.8, 4) is 11.4 Å². The highest BCUT2D eigenvalue weighted by Gasteiger charge is 2.16. The van der Waals surface area contributed by atoms with Gasteiger partial charge in [0.1, 0.15) is 6.29 Å². The van der Waals surface area contributed by atoms with Gasteiger partial charge in [-0.2, -0.15) is 0 Å². The Morgan fingerprint density at radius 3 is 2.04 bits per heavy atom. The molecule has 0 N–H and O–H groups in total. The SMILES string of the molecule is [C-]#[N+]c1ccc(-n2c(=O)n(-c3ccc(C=O)cc3)c3ccccc32)cc1C. The Bertz CT molecular complexity index is 1270. The van der Waals surface area contributed by atoms with E-state index in [1.54, 1.807) is 45.5 Å². The minimum absolute atomic E-state index is 0.204. The largest absolute Gasteiger partial charge is 0.338 e. The topological polar surface area (TPSA) is 48.4 Å². The van der Waals surface area contributed by atoms with Crippen LogP contribution in [0.25, 0.3) is 27.3 Å². The molecule has 0 amide bonds. The summed E-state index contributed by atoms with van der Waals surface area (Å²) in [7, 11) is 0. The first kappa shape index (κ1) is 16.6. The third kappa shape index (κ3) is 2.64. The number of fused-ring (bicyclic) bond motifs is 1. The third-order valence-corrected chi connectivity index (χ3v) is 4.59. The van der Waals surface area contributed by atoms with Crippen LogP contribution in [-0.4, -0.2) is 15.4 Å². The number of hydrogen-bond acceptors (Lipinski definition) is 2. The fraction of sp³-hybridized carbons (Fsp3) is 0.0455. The van der Waals surface area contributed by atoms with Crippen molar-refractivity contribution in [1.82, 2.24) is 9.13 Å². The van der Waals surface area contributed by atoms with Gasteiger partial charge in [-0.3, -0.25) is 13.9 Å². The highest BCUT2D eigenvalue weighted by atomic mass is 16.1. The van der Waals surface area contributed by atoms with Crippen LogP contribution < -0.4 is 5.69 Å². The first-order valence-corrected chi connectivity index (χ1v) is 8.40.